The molecule has 0 aliphatic carbocycles. The molecule has 1 aliphatic rings. The van der Waals surface area contributed by atoms with E-state index in [-0.39, 0.29) is 17.4 Å². The summed E-state index contributed by atoms with van der Waals surface area (Å²) < 4.78 is 11.5. The van der Waals surface area contributed by atoms with E-state index >= 15 is 0 Å². The molecule has 1 aromatic carbocycles. The topological polar surface area (TPSA) is 48.2 Å². The van der Waals surface area contributed by atoms with Gasteiger partial charge in [0.1, 0.15) is 11.4 Å². The van der Waals surface area contributed by atoms with Crippen molar-refractivity contribution < 1.29 is 9.26 Å². The fraction of sp³-hybridized carbons (Fsp3) is 0.500. The largest absolute Gasteiger partial charge is 0.488 e. The molecule has 1 unspecified atom stereocenters. The molecular weight excluding hydrogens is 252 g/mol. The number of benzene rings is 1. The van der Waals surface area contributed by atoms with Crippen LogP contribution in [0.2, 0.25) is 0 Å². The van der Waals surface area contributed by atoms with Gasteiger partial charge in [-0.3, -0.25) is 0 Å². The molecular formula is C16H20N2O2. The van der Waals surface area contributed by atoms with E-state index in [0.717, 1.165) is 23.6 Å². The van der Waals surface area contributed by atoms with Crippen LogP contribution in [0.25, 0.3) is 0 Å². The smallest absolute Gasteiger partial charge is 0.234 e. The molecule has 1 atom stereocenters. The van der Waals surface area contributed by atoms with Crippen molar-refractivity contribution in [2.75, 3.05) is 0 Å². The second-order valence-electron chi connectivity index (χ2n) is 6.30. The third-order valence-corrected chi connectivity index (χ3v) is 3.65. The maximum Gasteiger partial charge on any atom is 0.234 e. The first-order valence-corrected chi connectivity index (χ1v) is 7.08. The molecule has 4 heteroatoms. The third kappa shape index (κ3) is 2.30. The molecule has 20 heavy (non-hydrogen) atoms. The second-order valence-corrected chi connectivity index (χ2v) is 6.30. The fourth-order valence-electron chi connectivity index (χ4n) is 2.65. The summed E-state index contributed by atoms with van der Waals surface area (Å²) in [5, 5.41) is 4.08. The zero-order chi connectivity index (χ0) is 14.3. The minimum Gasteiger partial charge on any atom is -0.488 e. The summed E-state index contributed by atoms with van der Waals surface area (Å²) in [5.74, 6) is 2.75. The van der Waals surface area contributed by atoms with Gasteiger partial charge in [0.15, 0.2) is 5.82 Å². The van der Waals surface area contributed by atoms with Crippen LogP contribution in [0.5, 0.6) is 5.75 Å². The molecule has 0 saturated carbocycles. The highest BCUT2D eigenvalue weighted by atomic mass is 16.5. The summed E-state index contributed by atoms with van der Waals surface area (Å²) in [6.45, 7) is 8.32. The Morgan fingerprint density at radius 3 is 2.70 bits per heavy atom. The van der Waals surface area contributed by atoms with Gasteiger partial charge in [0.25, 0.3) is 0 Å². The molecule has 0 amide bonds. The number of fused-ring (bicyclic) bond motifs is 1. The minimum atomic E-state index is -0.231. The zero-order valence-corrected chi connectivity index (χ0v) is 12.4. The lowest BCUT2D eigenvalue weighted by Crippen LogP contribution is -2.35. The van der Waals surface area contributed by atoms with Crippen molar-refractivity contribution in [3.63, 3.8) is 0 Å². The average molecular weight is 272 g/mol. The van der Waals surface area contributed by atoms with Crippen molar-refractivity contribution in [2.24, 2.45) is 0 Å². The molecule has 1 aromatic heterocycles. The molecule has 4 nitrogen and oxygen atoms in total. The van der Waals surface area contributed by atoms with Crippen molar-refractivity contribution in [3.8, 4) is 5.75 Å². The van der Waals surface area contributed by atoms with Crippen LogP contribution in [0.15, 0.2) is 28.8 Å². The Kier molecular flexibility index (Phi) is 3.04. The molecule has 0 radical (unpaired) electrons. The van der Waals surface area contributed by atoms with Gasteiger partial charge in [-0.2, -0.15) is 4.98 Å². The molecule has 2 heterocycles. The molecule has 106 valence electrons. The first kappa shape index (κ1) is 13.2. The van der Waals surface area contributed by atoms with E-state index in [0.29, 0.717) is 5.89 Å². The summed E-state index contributed by atoms with van der Waals surface area (Å²) in [7, 11) is 0. The van der Waals surface area contributed by atoms with Crippen molar-refractivity contribution >= 4 is 0 Å². The molecule has 2 aromatic rings. The molecule has 0 fully saturated rings. The Hall–Kier alpha value is -1.84. The summed E-state index contributed by atoms with van der Waals surface area (Å²) in [5.41, 5.74) is 0.900. The fourth-order valence-corrected chi connectivity index (χ4v) is 2.65. The quantitative estimate of drug-likeness (QED) is 0.832. The lowest BCUT2D eigenvalue weighted by Gasteiger charge is -2.36. The van der Waals surface area contributed by atoms with Crippen molar-refractivity contribution in [3.05, 3.63) is 41.5 Å². The van der Waals surface area contributed by atoms with Gasteiger partial charge in [-0.25, -0.2) is 0 Å². The number of para-hydroxylation sites is 1. The molecule has 0 saturated heterocycles. The molecule has 0 bridgehead atoms. The Morgan fingerprint density at radius 1 is 1.25 bits per heavy atom. The zero-order valence-electron chi connectivity index (χ0n) is 12.4. The number of hydrogen-bond acceptors (Lipinski definition) is 4. The number of nitrogens with zero attached hydrogens (tertiary/aromatic N) is 2. The lowest BCUT2D eigenvalue weighted by atomic mass is 9.84. The van der Waals surface area contributed by atoms with Gasteiger partial charge in [0.2, 0.25) is 5.89 Å². The predicted octanol–water partition coefficient (Wildman–Crippen LogP) is 3.89. The van der Waals surface area contributed by atoms with Crippen molar-refractivity contribution in [1.29, 1.82) is 0 Å². The monoisotopic (exact) mass is 272 g/mol. The highest BCUT2D eigenvalue weighted by molar-refractivity contribution is 5.41. The van der Waals surface area contributed by atoms with Gasteiger partial charge in [-0.1, -0.05) is 37.2 Å². The van der Waals surface area contributed by atoms with E-state index in [4.69, 9.17) is 9.26 Å². The molecule has 3 rings (SSSR count). The van der Waals surface area contributed by atoms with Gasteiger partial charge in [0.05, 0.1) is 5.92 Å². The maximum absolute atomic E-state index is 6.04. The van der Waals surface area contributed by atoms with Gasteiger partial charge < -0.3 is 9.26 Å². The van der Waals surface area contributed by atoms with Gasteiger partial charge in [0, 0.05) is 17.9 Å². The normalized spacial score (nSPS) is 20.6. The predicted molar refractivity (Wildman–Crippen MR) is 76.0 cm³/mol. The van der Waals surface area contributed by atoms with Crippen LogP contribution in [-0.4, -0.2) is 15.7 Å². The standard InChI is InChI=1S/C16H20N2O2/c1-10(2)14-17-15(20-18-14)12-9-16(3,4)19-13-8-6-5-7-11(12)13/h5-8,10,12H,9H2,1-4H3. The van der Waals surface area contributed by atoms with E-state index in [2.05, 4.69) is 43.9 Å². The van der Waals surface area contributed by atoms with E-state index < -0.39 is 0 Å². The van der Waals surface area contributed by atoms with E-state index in [9.17, 15) is 0 Å². The minimum absolute atomic E-state index is 0.106. The Morgan fingerprint density at radius 2 is 2.00 bits per heavy atom. The molecule has 0 N–H and O–H groups in total. The number of rotatable bonds is 2. The summed E-state index contributed by atoms with van der Waals surface area (Å²) in [6, 6.07) is 8.09. The SMILES string of the molecule is CC(C)c1noc(C2CC(C)(C)Oc3ccccc32)n1. The summed E-state index contributed by atoms with van der Waals surface area (Å²) in [6.07, 6.45) is 0.837. The first-order valence-electron chi connectivity index (χ1n) is 7.08. The van der Waals surface area contributed by atoms with Crippen LogP contribution >= 0.6 is 0 Å². The Labute approximate surface area is 119 Å². The van der Waals surface area contributed by atoms with E-state index in [1.165, 1.54) is 0 Å². The Bertz CT molecular complexity index is 616. The van der Waals surface area contributed by atoms with Crippen molar-refractivity contribution in [2.45, 2.75) is 51.6 Å². The Balaban J connectivity index is 2.03. The van der Waals surface area contributed by atoms with Crippen LogP contribution in [0.1, 0.15) is 63.2 Å². The number of hydrogen-bond donors (Lipinski definition) is 0. The van der Waals surface area contributed by atoms with Gasteiger partial charge >= 0.3 is 0 Å². The average Bonchev–Trinajstić information content (AvgIpc) is 2.86. The number of ether oxygens (including phenoxy) is 1. The maximum atomic E-state index is 6.04. The van der Waals surface area contributed by atoms with Crippen LogP contribution in [0.4, 0.5) is 0 Å². The summed E-state index contributed by atoms with van der Waals surface area (Å²) in [4.78, 5) is 4.56. The van der Waals surface area contributed by atoms with Crippen LogP contribution in [0.3, 0.4) is 0 Å². The summed E-state index contributed by atoms with van der Waals surface area (Å²) >= 11 is 0. The number of aromatic nitrogens is 2. The molecule has 0 spiro atoms. The van der Waals surface area contributed by atoms with Crippen LogP contribution in [0, 0.1) is 0 Å². The van der Waals surface area contributed by atoms with E-state index in [1.54, 1.807) is 0 Å². The lowest BCUT2D eigenvalue weighted by molar-refractivity contribution is 0.0725. The highest BCUT2D eigenvalue weighted by Crippen LogP contribution is 2.43. The van der Waals surface area contributed by atoms with Crippen molar-refractivity contribution in [1.82, 2.24) is 10.1 Å². The second kappa shape index (κ2) is 4.62. The third-order valence-electron chi connectivity index (χ3n) is 3.65. The van der Waals surface area contributed by atoms with Crippen LogP contribution < -0.4 is 4.74 Å². The highest BCUT2D eigenvalue weighted by Gasteiger charge is 2.37. The molecule has 1 aliphatic heterocycles. The van der Waals surface area contributed by atoms with E-state index in [1.807, 2.05) is 18.2 Å². The van der Waals surface area contributed by atoms with Gasteiger partial charge in [-0.15, -0.1) is 0 Å². The first-order chi connectivity index (χ1) is 9.46. The van der Waals surface area contributed by atoms with Crippen LogP contribution in [-0.2, 0) is 0 Å². The van der Waals surface area contributed by atoms with Gasteiger partial charge in [-0.05, 0) is 19.9 Å².